The molecular weight excluding hydrogens is 468 g/mol. The Balaban J connectivity index is 1.66. The minimum absolute atomic E-state index is 0.188. The Labute approximate surface area is 206 Å². The molecule has 36 heavy (non-hydrogen) atoms. The number of carbonyl (C=O) groups excluding carboxylic acids is 1. The van der Waals surface area contributed by atoms with E-state index in [2.05, 4.69) is 0 Å². The maximum absolute atomic E-state index is 12.8. The van der Waals surface area contributed by atoms with Gasteiger partial charge in [-0.15, -0.1) is 0 Å². The summed E-state index contributed by atoms with van der Waals surface area (Å²) in [5.74, 6) is 1.59. The molecule has 0 amide bonds. The van der Waals surface area contributed by atoms with Crippen LogP contribution in [-0.2, 0) is 0 Å². The van der Waals surface area contributed by atoms with Gasteiger partial charge in [0.1, 0.15) is 22.8 Å². The van der Waals surface area contributed by atoms with Crippen LogP contribution < -0.4 is 34.0 Å². The first kappa shape index (κ1) is 24.5. The molecule has 3 aromatic carbocycles. The van der Waals surface area contributed by atoms with E-state index in [1.807, 2.05) is 0 Å². The molecule has 0 N–H and O–H groups in total. The molecular formula is C27H24O9. The van der Waals surface area contributed by atoms with E-state index in [1.165, 1.54) is 46.6 Å². The first-order chi connectivity index (χ1) is 17.4. The van der Waals surface area contributed by atoms with Crippen molar-refractivity contribution < 1.29 is 37.6 Å². The lowest BCUT2D eigenvalue weighted by Crippen LogP contribution is -2.10. The summed E-state index contributed by atoms with van der Waals surface area (Å²) in [6.07, 6.45) is 0. The Kier molecular flexibility index (Phi) is 7.00. The van der Waals surface area contributed by atoms with Crippen molar-refractivity contribution in [3.05, 3.63) is 70.6 Å². The fraction of sp³-hybridized carbons (Fsp3) is 0.185. The van der Waals surface area contributed by atoms with E-state index < -0.39 is 11.6 Å². The van der Waals surface area contributed by atoms with Crippen LogP contribution in [0.1, 0.15) is 10.4 Å². The van der Waals surface area contributed by atoms with Gasteiger partial charge in [-0.05, 0) is 42.5 Å². The highest BCUT2D eigenvalue weighted by Gasteiger charge is 2.19. The zero-order valence-electron chi connectivity index (χ0n) is 20.4. The van der Waals surface area contributed by atoms with E-state index in [4.69, 9.17) is 32.8 Å². The first-order valence-corrected chi connectivity index (χ1v) is 10.7. The summed E-state index contributed by atoms with van der Waals surface area (Å²) < 4.78 is 37.6. The standard InChI is InChI=1S/C27H24O9/c1-30-17-8-9-19(22(13-17)31-2)20-10-15-6-7-18(14-21(15)36-27(20)29)35-26(28)16-11-23(32-3)25(34-5)24(12-16)33-4/h6-14H,1-5H3. The SMILES string of the molecule is COc1ccc(-c2cc3ccc(OC(=O)c4cc(OC)c(OC)c(OC)c4)cc3oc2=O)c(OC)c1. The van der Waals surface area contributed by atoms with Crippen molar-refractivity contribution in [1.29, 1.82) is 0 Å². The van der Waals surface area contributed by atoms with Gasteiger partial charge in [-0.2, -0.15) is 0 Å². The van der Waals surface area contributed by atoms with Gasteiger partial charge in [0.05, 0.1) is 46.7 Å². The average Bonchev–Trinajstić information content (AvgIpc) is 2.91. The smallest absolute Gasteiger partial charge is 0.344 e. The second kappa shape index (κ2) is 10.3. The number of fused-ring (bicyclic) bond motifs is 1. The largest absolute Gasteiger partial charge is 0.497 e. The van der Waals surface area contributed by atoms with Gasteiger partial charge in [0, 0.05) is 23.1 Å². The number of hydrogen-bond acceptors (Lipinski definition) is 9. The number of ether oxygens (including phenoxy) is 6. The quantitative estimate of drug-likeness (QED) is 0.196. The summed E-state index contributed by atoms with van der Waals surface area (Å²) >= 11 is 0. The highest BCUT2D eigenvalue weighted by Crippen LogP contribution is 2.38. The van der Waals surface area contributed by atoms with Crippen LogP contribution in [0.4, 0.5) is 0 Å². The van der Waals surface area contributed by atoms with Crippen molar-refractivity contribution in [2.24, 2.45) is 0 Å². The molecule has 0 unspecified atom stereocenters. The molecule has 0 radical (unpaired) electrons. The third kappa shape index (κ3) is 4.63. The minimum Gasteiger partial charge on any atom is -0.497 e. The summed E-state index contributed by atoms with van der Waals surface area (Å²) in [6.45, 7) is 0. The number of carbonyl (C=O) groups is 1. The number of rotatable bonds is 8. The van der Waals surface area contributed by atoms with Gasteiger partial charge in [0.25, 0.3) is 0 Å². The monoisotopic (exact) mass is 492 g/mol. The molecule has 4 rings (SSSR count). The van der Waals surface area contributed by atoms with Crippen LogP contribution in [0.25, 0.3) is 22.1 Å². The van der Waals surface area contributed by atoms with E-state index in [0.717, 1.165) is 0 Å². The second-order valence-electron chi connectivity index (χ2n) is 7.52. The molecule has 0 aliphatic rings. The summed E-state index contributed by atoms with van der Waals surface area (Å²) in [4.78, 5) is 25.6. The first-order valence-electron chi connectivity index (χ1n) is 10.7. The molecule has 0 spiro atoms. The zero-order valence-corrected chi connectivity index (χ0v) is 20.4. The Morgan fingerprint density at radius 2 is 1.33 bits per heavy atom. The minimum atomic E-state index is -0.657. The van der Waals surface area contributed by atoms with Crippen LogP contribution in [0, 0.1) is 0 Å². The van der Waals surface area contributed by atoms with Crippen molar-refractivity contribution in [3.63, 3.8) is 0 Å². The predicted molar refractivity (Wildman–Crippen MR) is 132 cm³/mol. The lowest BCUT2D eigenvalue weighted by atomic mass is 10.0. The van der Waals surface area contributed by atoms with Gasteiger partial charge in [-0.25, -0.2) is 9.59 Å². The molecule has 1 aromatic heterocycles. The van der Waals surface area contributed by atoms with Crippen LogP contribution >= 0.6 is 0 Å². The molecule has 0 saturated heterocycles. The van der Waals surface area contributed by atoms with Gasteiger partial charge in [-0.1, -0.05) is 0 Å². The maximum Gasteiger partial charge on any atom is 0.344 e. The number of benzene rings is 3. The van der Waals surface area contributed by atoms with Crippen molar-refractivity contribution >= 4 is 16.9 Å². The number of hydrogen-bond donors (Lipinski definition) is 0. The predicted octanol–water partition coefficient (Wildman–Crippen LogP) is 4.72. The lowest BCUT2D eigenvalue weighted by molar-refractivity contribution is 0.0734. The molecule has 4 aromatic rings. The molecule has 0 saturated carbocycles. The van der Waals surface area contributed by atoms with Crippen molar-refractivity contribution in [1.82, 2.24) is 0 Å². The zero-order chi connectivity index (χ0) is 25.8. The molecule has 0 aliphatic carbocycles. The van der Waals surface area contributed by atoms with Gasteiger partial charge in [0.2, 0.25) is 5.75 Å². The number of esters is 1. The number of methoxy groups -OCH3 is 5. The van der Waals surface area contributed by atoms with E-state index in [9.17, 15) is 9.59 Å². The van der Waals surface area contributed by atoms with Crippen molar-refractivity contribution in [2.75, 3.05) is 35.5 Å². The Hall–Kier alpha value is -4.66. The lowest BCUT2D eigenvalue weighted by Gasteiger charge is -2.14. The molecule has 0 atom stereocenters. The maximum atomic E-state index is 12.8. The third-order valence-corrected chi connectivity index (χ3v) is 5.52. The molecule has 0 aliphatic heterocycles. The Morgan fingerprint density at radius 3 is 1.94 bits per heavy atom. The van der Waals surface area contributed by atoms with E-state index in [-0.39, 0.29) is 16.9 Å². The fourth-order valence-corrected chi connectivity index (χ4v) is 3.73. The van der Waals surface area contributed by atoms with E-state index in [1.54, 1.807) is 43.5 Å². The fourth-order valence-electron chi connectivity index (χ4n) is 3.73. The highest BCUT2D eigenvalue weighted by atomic mass is 16.5. The Morgan fingerprint density at radius 1 is 0.667 bits per heavy atom. The summed E-state index contributed by atoms with van der Waals surface area (Å²) in [7, 11) is 7.43. The molecule has 9 heteroatoms. The summed E-state index contributed by atoms with van der Waals surface area (Å²) in [6, 6.07) is 14.6. The van der Waals surface area contributed by atoms with E-state index in [0.29, 0.717) is 45.3 Å². The second-order valence-corrected chi connectivity index (χ2v) is 7.52. The van der Waals surface area contributed by atoms with Gasteiger partial charge >= 0.3 is 11.6 Å². The summed E-state index contributed by atoms with van der Waals surface area (Å²) in [5.41, 5.74) is 0.759. The average molecular weight is 492 g/mol. The van der Waals surface area contributed by atoms with Crippen molar-refractivity contribution in [2.45, 2.75) is 0 Å². The van der Waals surface area contributed by atoms with Crippen LogP contribution in [0.5, 0.6) is 34.5 Å². The molecule has 1 heterocycles. The van der Waals surface area contributed by atoms with Crippen molar-refractivity contribution in [3.8, 4) is 45.6 Å². The molecule has 9 nitrogen and oxygen atoms in total. The molecule has 0 bridgehead atoms. The van der Waals surface area contributed by atoms with Crippen LogP contribution in [0.15, 0.2) is 63.8 Å². The van der Waals surface area contributed by atoms with Crippen LogP contribution in [-0.4, -0.2) is 41.5 Å². The van der Waals surface area contributed by atoms with Gasteiger partial charge < -0.3 is 32.8 Å². The summed E-state index contributed by atoms with van der Waals surface area (Å²) in [5, 5.41) is 0.634. The van der Waals surface area contributed by atoms with Gasteiger partial charge in [-0.3, -0.25) is 0 Å². The third-order valence-electron chi connectivity index (χ3n) is 5.52. The topological polar surface area (TPSA) is 103 Å². The van der Waals surface area contributed by atoms with E-state index >= 15 is 0 Å². The normalized spacial score (nSPS) is 10.6. The molecule has 186 valence electrons. The molecule has 0 fully saturated rings. The van der Waals surface area contributed by atoms with Crippen LogP contribution in [0.3, 0.4) is 0 Å². The Bertz CT molecular complexity index is 1460. The highest BCUT2D eigenvalue weighted by molar-refractivity contribution is 5.93. The van der Waals surface area contributed by atoms with Crippen LogP contribution in [0.2, 0.25) is 0 Å². The van der Waals surface area contributed by atoms with Gasteiger partial charge in [0.15, 0.2) is 11.5 Å².